The number of hydrogen-bond acceptors (Lipinski definition) is 1. The van der Waals surface area contributed by atoms with Crippen LogP contribution in [0.15, 0.2) is 61.3 Å². The van der Waals surface area contributed by atoms with Crippen LogP contribution in [0.25, 0.3) is 0 Å². The van der Waals surface area contributed by atoms with E-state index in [1.807, 2.05) is 24.4 Å². The third-order valence-corrected chi connectivity index (χ3v) is 3.28. The average molecular weight is 237 g/mol. The lowest BCUT2D eigenvalue weighted by Crippen LogP contribution is -2.00. The Labute approximate surface area is 109 Å². The maximum absolute atomic E-state index is 4.37. The summed E-state index contributed by atoms with van der Waals surface area (Å²) < 4.78 is 0. The third kappa shape index (κ3) is 3.07. The largest absolute Gasteiger partial charge is 0.261 e. The van der Waals surface area contributed by atoms with Gasteiger partial charge in [0, 0.05) is 11.9 Å². The highest BCUT2D eigenvalue weighted by Gasteiger charge is 2.07. The first-order valence-corrected chi connectivity index (χ1v) is 6.41. The van der Waals surface area contributed by atoms with Crippen LogP contribution >= 0.6 is 0 Å². The number of pyridine rings is 1. The number of allylic oxidation sites excluding steroid dienone is 1. The molecule has 0 fully saturated rings. The number of rotatable bonds is 5. The fraction of sp³-hybridized carbons (Fsp3) is 0.235. The molecule has 0 spiro atoms. The molecule has 0 aliphatic heterocycles. The van der Waals surface area contributed by atoms with Gasteiger partial charge < -0.3 is 0 Å². The summed E-state index contributed by atoms with van der Waals surface area (Å²) in [6.45, 7) is 6.07. The van der Waals surface area contributed by atoms with Crippen molar-refractivity contribution < 1.29 is 0 Å². The van der Waals surface area contributed by atoms with Crippen molar-refractivity contribution in [3.05, 3.63) is 78.1 Å². The average Bonchev–Trinajstić information content (AvgIpc) is 2.45. The van der Waals surface area contributed by atoms with Gasteiger partial charge in [0.2, 0.25) is 0 Å². The Hall–Kier alpha value is -1.89. The third-order valence-electron chi connectivity index (χ3n) is 3.28. The second kappa shape index (κ2) is 6.15. The molecule has 2 rings (SSSR count). The zero-order chi connectivity index (χ0) is 12.8. The molecule has 1 nitrogen and oxygen atoms in total. The first kappa shape index (κ1) is 12.6. The van der Waals surface area contributed by atoms with Crippen LogP contribution in [0.2, 0.25) is 0 Å². The standard InChI is InChI=1S/C17H19N/c1-3-14(2)17-10-5-4-8-15(17)11-12-16-9-6-7-13-18-16/h3-10,13-14H,1,11-12H2,2H3. The van der Waals surface area contributed by atoms with Gasteiger partial charge in [0.25, 0.3) is 0 Å². The maximum Gasteiger partial charge on any atom is 0.0406 e. The van der Waals surface area contributed by atoms with Gasteiger partial charge in [0.15, 0.2) is 0 Å². The van der Waals surface area contributed by atoms with E-state index in [0.717, 1.165) is 18.5 Å². The topological polar surface area (TPSA) is 12.9 Å². The first-order chi connectivity index (χ1) is 8.81. The Balaban J connectivity index is 2.12. The van der Waals surface area contributed by atoms with Crippen LogP contribution in [-0.4, -0.2) is 4.98 Å². The van der Waals surface area contributed by atoms with E-state index in [1.165, 1.54) is 11.1 Å². The van der Waals surface area contributed by atoms with Crippen molar-refractivity contribution in [2.45, 2.75) is 25.7 Å². The van der Waals surface area contributed by atoms with E-state index >= 15 is 0 Å². The van der Waals surface area contributed by atoms with E-state index < -0.39 is 0 Å². The molecule has 0 aliphatic rings. The lowest BCUT2D eigenvalue weighted by atomic mass is 9.93. The van der Waals surface area contributed by atoms with Crippen LogP contribution in [0.3, 0.4) is 0 Å². The quantitative estimate of drug-likeness (QED) is 0.712. The second-order valence-corrected chi connectivity index (χ2v) is 4.54. The summed E-state index contributed by atoms with van der Waals surface area (Å²) in [6.07, 6.45) is 5.88. The van der Waals surface area contributed by atoms with Gasteiger partial charge in [-0.15, -0.1) is 6.58 Å². The van der Waals surface area contributed by atoms with Gasteiger partial charge >= 0.3 is 0 Å². The highest BCUT2D eigenvalue weighted by atomic mass is 14.7. The van der Waals surface area contributed by atoms with Crippen molar-refractivity contribution in [3.8, 4) is 0 Å². The van der Waals surface area contributed by atoms with E-state index in [-0.39, 0.29) is 0 Å². The van der Waals surface area contributed by atoms with Crippen molar-refractivity contribution in [1.82, 2.24) is 4.98 Å². The Morgan fingerprint density at radius 3 is 2.61 bits per heavy atom. The van der Waals surface area contributed by atoms with E-state index in [4.69, 9.17) is 0 Å². The summed E-state index contributed by atoms with van der Waals surface area (Å²) in [5, 5.41) is 0. The lowest BCUT2D eigenvalue weighted by Gasteiger charge is -2.12. The van der Waals surface area contributed by atoms with Crippen molar-refractivity contribution >= 4 is 0 Å². The summed E-state index contributed by atoms with van der Waals surface area (Å²) in [6, 6.07) is 14.7. The molecule has 18 heavy (non-hydrogen) atoms. The number of aryl methyl sites for hydroxylation is 2. The highest BCUT2D eigenvalue weighted by molar-refractivity contribution is 5.32. The van der Waals surface area contributed by atoms with Crippen LogP contribution in [0.5, 0.6) is 0 Å². The molecule has 1 aromatic carbocycles. The molecule has 0 amide bonds. The summed E-state index contributed by atoms with van der Waals surface area (Å²) >= 11 is 0. The lowest BCUT2D eigenvalue weighted by molar-refractivity contribution is 0.869. The van der Waals surface area contributed by atoms with E-state index in [0.29, 0.717) is 5.92 Å². The minimum Gasteiger partial charge on any atom is -0.261 e. The predicted octanol–water partition coefficient (Wildman–Crippen LogP) is 4.16. The van der Waals surface area contributed by atoms with Crippen molar-refractivity contribution in [2.24, 2.45) is 0 Å². The van der Waals surface area contributed by atoms with E-state index in [9.17, 15) is 0 Å². The molecule has 0 bridgehead atoms. The molecule has 1 heterocycles. The molecule has 92 valence electrons. The van der Waals surface area contributed by atoms with Gasteiger partial charge in [-0.25, -0.2) is 0 Å². The van der Waals surface area contributed by atoms with Crippen LogP contribution in [0.4, 0.5) is 0 Å². The second-order valence-electron chi connectivity index (χ2n) is 4.54. The number of hydrogen-bond donors (Lipinski definition) is 0. The predicted molar refractivity (Wildman–Crippen MR) is 76.7 cm³/mol. The summed E-state index contributed by atoms with van der Waals surface area (Å²) in [7, 11) is 0. The van der Waals surface area contributed by atoms with Crippen LogP contribution in [-0.2, 0) is 12.8 Å². The molecule has 1 atom stereocenters. The number of nitrogens with zero attached hydrogens (tertiary/aromatic N) is 1. The molecule has 0 saturated heterocycles. The Kier molecular flexibility index (Phi) is 4.30. The van der Waals surface area contributed by atoms with Gasteiger partial charge in [0.05, 0.1) is 0 Å². The molecule has 0 aliphatic carbocycles. The zero-order valence-corrected chi connectivity index (χ0v) is 10.8. The summed E-state index contributed by atoms with van der Waals surface area (Å²) in [5.74, 6) is 0.407. The Bertz CT molecular complexity index is 502. The normalized spacial score (nSPS) is 12.1. The van der Waals surface area contributed by atoms with Gasteiger partial charge in [0.1, 0.15) is 0 Å². The summed E-state index contributed by atoms with van der Waals surface area (Å²) in [4.78, 5) is 4.37. The van der Waals surface area contributed by atoms with Gasteiger partial charge in [-0.2, -0.15) is 0 Å². The molecule has 1 unspecified atom stereocenters. The summed E-state index contributed by atoms with van der Waals surface area (Å²) in [5.41, 5.74) is 3.93. The minimum absolute atomic E-state index is 0.407. The zero-order valence-electron chi connectivity index (χ0n) is 10.8. The monoisotopic (exact) mass is 237 g/mol. The molecule has 1 aromatic heterocycles. The smallest absolute Gasteiger partial charge is 0.0406 e. The van der Waals surface area contributed by atoms with E-state index in [1.54, 1.807) is 0 Å². The van der Waals surface area contributed by atoms with Crippen molar-refractivity contribution in [3.63, 3.8) is 0 Å². The Morgan fingerprint density at radius 1 is 1.11 bits per heavy atom. The van der Waals surface area contributed by atoms with Gasteiger partial charge in [-0.3, -0.25) is 4.98 Å². The fourth-order valence-electron chi connectivity index (χ4n) is 2.14. The molecule has 0 N–H and O–H groups in total. The molecule has 0 radical (unpaired) electrons. The molecule has 2 aromatic rings. The Morgan fingerprint density at radius 2 is 1.89 bits per heavy atom. The van der Waals surface area contributed by atoms with Crippen LogP contribution < -0.4 is 0 Å². The van der Waals surface area contributed by atoms with Gasteiger partial charge in [-0.1, -0.05) is 43.3 Å². The number of aromatic nitrogens is 1. The fourth-order valence-corrected chi connectivity index (χ4v) is 2.14. The molecule has 1 heteroatoms. The van der Waals surface area contributed by atoms with Crippen LogP contribution in [0.1, 0.15) is 29.7 Å². The van der Waals surface area contributed by atoms with Crippen molar-refractivity contribution in [2.75, 3.05) is 0 Å². The van der Waals surface area contributed by atoms with Crippen molar-refractivity contribution in [1.29, 1.82) is 0 Å². The SMILES string of the molecule is C=CC(C)c1ccccc1CCc1ccccn1. The van der Waals surface area contributed by atoms with Gasteiger partial charge in [-0.05, 0) is 42.0 Å². The maximum atomic E-state index is 4.37. The minimum atomic E-state index is 0.407. The molecular formula is C17H19N. The molecular weight excluding hydrogens is 218 g/mol. The molecule has 0 saturated carbocycles. The van der Waals surface area contributed by atoms with E-state index in [2.05, 4.69) is 48.8 Å². The highest BCUT2D eigenvalue weighted by Crippen LogP contribution is 2.21. The van der Waals surface area contributed by atoms with Crippen LogP contribution in [0, 0.1) is 0 Å². The first-order valence-electron chi connectivity index (χ1n) is 6.41. The number of benzene rings is 1.